The van der Waals surface area contributed by atoms with E-state index in [0.717, 1.165) is 17.7 Å². The number of rotatable bonds is 8. The number of sulfonamides is 1. The first-order valence-electron chi connectivity index (χ1n) is 7.61. The monoisotopic (exact) mass is 387 g/mol. The third kappa shape index (κ3) is 5.07. The number of hydrogen-bond acceptors (Lipinski definition) is 4. The SMILES string of the molecule is CCOc1ccc(CCNS(=O)(=O)c2ccc(F)c(Cl)c2)cc1OC. The van der Waals surface area contributed by atoms with Gasteiger partial charge in [0.2, 0.25) is 10.0 Å². The molecule has 136 valence electrons. The van der Waals surface area contributed by atoms with Crippen molar-refractivity contribution in [2.45, 2.75) is 18.2 Å². The lowest BCUT2D eigenvalue weighted by Crippen LogP contribution is -2.26. The van der Waals surface area contributed by atoms with Crippen LogP contribution >= 0.6 is 11.6 Å². The molecule has 5 nitrogen and oxygen atoms in total. The molecule has 0 fully saturated rings. The van der Waals surface area contributed by atoms with Crippen LogP contribution < -0.4 is 14.2 Å². The Morgan fingerprint density at radius 3 is 2.56 bits per heavy atom. The third-order valence-electron chi connectivity index (χ3n) is 3.44. The molecule has 0 radical (unpaired) electrons. The zero-order chi connectivity index (χ0) is 18.4. The lowest BCUT2D eigenvalue weighted by atomic mass is 10.1. The van der Waals surface area contributed by atoms with Gasteiger partial charge in [-0.2, -0.15) is 0 Å². The average Bonchev–Trinajstić information content (AvgIpc) is 2.58. The first-order valence-corrected chi connectivity index (χ1v) is 9.48. The molecule has 25 heavy (non-hydrogen) atoms. The normalized spacial score (nSPS) is 11.4. The lowest BCUT2D eigenvalue weighted by Gasteiger charge is -2.11. The van der Waals surface area contributed by atoms with E-state index in [1.165, 1.54) is 6.07 Å². The van der Waals surface area contributed by atoms with Gasteiger partial charge in [0.1, 0.15) is 5.82 Å². The van der Waals surface area contributed by atoms with Crippen molar-refractivity contribution in [2.75, 3.05) is 20.3 Å². The molecule has 8 heteroatoms. The molecule has 0 aliphatic heterocycles. The van der Waals surface area contributed by atoms with Gasteiger partial charge in [0, 0.05) is 6.54 Å². The second kappa shape index (κ2) is 8.51. The lowest BCUT2D eigenvalue weighted by molar-refractivity contribution is 0.310. The predicted octanol–water partition coefficient (Wildman–Crippen LogP) is 3.41. The fourth-order valence-electron chi connectivity index (χ4n) is 2.20. The number of nitrogens with one attached hydrogen (secondary N) is 1. The highest BCUT2D eigenvalue weighted by Gasteiger charge is 2.15. The summed E-state index contributed by atoms with van der Waals surface area (Å²) >= 11 is 5.63. The van der Waals surface area contributed by atoms with Gasteiger partial charge in [0.15, 0.2) is 11.5 Å². The van der Waals surface area contributed by atoms with Crippen molar-refractivity contribution in [3.63, 3.8) is 0 Å². The highest BCUT2D eigenvalue weighted by Crippen LogP contribution is 2.28. The molecular weight excluding hydrogens is 369 g/mol. The molecule has 0 bridgehead atoms. The summed E-state index contributed by atoms with van der Waals surface area (Å²) in [5, 5.41) is -0.237. The van der Waals surface area contributed by atoms with Gasteiger partial charge in [-0.3, -0.25) is 0 Å². The Labute approximate surface area is 151 Å². The minimum Gasteiger partial charge on any atom is -0.493 e. The summed E-state index contributed by atoms with van der Waals surface area (Å²) < 4.78 is 50.7. The Kier molecular flexibility index (Phi) is 6.64. The summed E-state index contributed by atoms with van der Waals surface area (Å²) in [6.07, 6.45) is 0.455. The van der Waals surface area contributed by atoms with Crippen molar-refractivity contribution in [2.24, 2.45) is 0 Å². The fourth-order valence-corrected chi connectivity index (χ4v) is 3.50. The molecule has 0 aliphatic carbocycles. The molecule has 0 heterocycles. The van der Waals surface area contributed by atoms with Gasteiger partial charge in [0.25, 0.3) is 0 Å². The van der Waals surface area contributed by atoms with E-state index in [-0.39, 0.29) is 16.5 Å². The number of halogens is 2. The number of ether oxygens (including phenoxy) is 2. The van der Waals surface area contributed by atoms with Crippen molar-refractivity contribution in [3.8, 4) is 11.5 Å². The molecule has 0 saturated carbocycles. The summed E-state index contributed by atoms with van der Waals surface area (Å²) in [6.45, 7) is 2.58. The Morgan fingerprint density at radius 1 is 1.16 bits per heavy atom. The van der Waals surface area contributed by atoms with Crippen LogP contribution in [0.25, 0.3) is 0 Å². The van der Waals surface area contributed by atoms with E-state index in [1.54, 1.807) is 19.2 Å². The van der Waals surface area contributed by atoms with Crippen LogP contribution in [0.5, 0.6) is 11.5 Å². The predicted molar refractivity (Wildman–Crippen MR) is 94.5 cm³/mol. The van der Waals surface area contributed by atoms with Gasteiger partial charge in [-0.25, -0.2) is 17.5 Å². The third-order valence-corrected chi connectivity index (χ3v) is 5.18. The molecule has 0 aromatic heterocycles. The molecule has 0 atom stereocenters. The first kappa shape index (κ1) is 19.5. The zero-order valence-corrected chi connectivity index (χ0v) is 15.5. The topological polar surface area (TPSA) is 64.6 Å². The molecule has 0 aliphatic rings. The summed E-state index contributed by atoms with van der Waals surface area (Å²) in [4.78, 5) is -0.0804. The minimum absolute atomic E-state index is 0.0804. The standard InChI is InChI=1S/C17H19ClFNO4S/c1-3-24-16-7-4-12(10-17(16)23-2)8-9-20-25(21,22)13-5-6-15(19)14(18)11-13/h4-7,10-11,20H,3,8-9H2,1-2H3. The molecule has 2 aromatic rings. The Hall–Kier alpha value is -1.83. The molecule has 0 unspecified atom stereocenters. The Balaban J connectivity index is 2.03. The van der Waals surface area contributed by atoms with Crippen LogP contribution in [0.2, 0.25) is 5.02 Å². The zero-order valence-electron chi connectivity index (χ0n) is 13.9. The van der Waals surface area contributed by atoms with Gasteiger partial charge in [-0.1, -0.05) is 17.7 Å². The quantitative estimate of drug-likeness (QED) is 0.753. The van der Waals surface area contributed by atoms with E-state index < -0.39 is 15.8 Å². The molecule has 2 aromatic carbocycles. The molecular formula is C17H19ClFNO4S. The van der Waals surface area contributed by atoms with Gasteiger partial charge in [-0.05, 0) is 49.2 Å². The van der Waals surface area contributed by atoms with Gasteiger partial charge in [-0.15, -0.1) is 0 Å². The highest BCUT2D eigenvalue weighted by atomic mass is 35.5. The van der Waals surface area contributed by atoms with Gasteiger partial charge >= 0.3 is 0 Å². The fraction of sp³-hybridized carbons (Fsp3) is 0.294. The van der Waals surface area contributed by atoms with Crippen LogP contribution in [0.4, 0.5) is 4.39 Å². The van der Waals surface area contributed by atoms with Crippen LogP contribution in [0, 0.1) is 5.82 Å². The number of hydrogen-bond donors (Lipinski definition) is 1. The molecule has 0 amide bonds. The van der Waals surface area contributed by atoms with Crippen LogP contribution in [-0.2, 0) is 16.4 Å². The van der Waals surface area contributed by atoms with Crippen LogP contribution in [0.3, 0.4) is 0 Å². The maximum Gasteiger partial charge on any atom is 0.240 e. The smallest absolute Gasteiger partial charge is 0.240 e. The Morgan fingerprint density at radius 2 is 1.92 bits per heavy atom. The second-order valence-corrected chi connectivity index (χ2v) is 7.32. The molecule has 0 spiro atoms. The second-order valence-electron chi connectivity index (χ2n) is 5.14. The van der Waals surface area contributed by atoms with Gasteiger partial charge < -0.3 is 9.47 Å². The van der Waals surface area contributed by atoms with E-state index in [2.05, 4.69) is 4.72 Å². The summed E-state index contributed by atoms with van der Waals surface area (Å²) in [5.41, 5.74) is 0.889. The van der Waals surface area contributed by atoms with Crippen molar-refractivity contribution >= 4 is 21.6 Å². The highest BCUT2D eigenvalue weighted by molar-refractivity contribution is 7.89. The molecule has 0 saturated heterocycles. The largest absolute Gasteiger partial charge is 0.493 e. The maximum absolute atomic E-state index is 13.1. The van der Waals surface area contributed by atoms with Crippen LogP contribution in [0.1, 0.15) is 12.5 Å². The summed E-state index contributed by atoms with van der Waals surface area (Å²) in [7, 11) is -2.21. The number of benzene rings is 2. The number of methoxy groups -OCH3 is 1. The van der Waals surface area contributed by atoms with Crippen LogP contribution in [0.15, 0.2) is 41.3 Å². The Bertz CT molecular complexity index is 843. The van der Waals surface area contributed by atoms with Crippen molar-refractivity contribution in [1.29, 1.82) is 0 Å². The van der Waals surface area contributed by atoms with Crippen LogP contribution in [-0.4, -0.2) is 28.7 Å². The van der Waals surface area contributed by atoms with Gasteiger partial charge in [0.05, 0.1) is 23.6 Å². The van der Waals surface area contributed by atoms with Crippen molar-refractivity contribution in [1.82, 2.24) is 4.72 Å². The van der Waals surface area contributed by atoms with E-state index in [1.807, 2.05) is 13.0 Å². The van der Waals surface area contributed by atoms with E-state index in [9.17, 15) is 12.8 Å². The minimum atomic E-state index is -3.76. The van der Waals surface area contributed by atoms with Crippen molar-refractivity contribution in [3.05, 3.63) is 52.8 Å². The molecule has 2 rings (SSSR count). The average molecular weight is 388 g/mol. The van der Waals surface area contributed by atoms with E-state index >= 15 is 0 Å². The molecule has 1 N–H and O–H groups in total. The first-order chi connectivity index (χ1) is 11.9. The van der Waals surface area contributed by atoms with E-state index in [0.29, 0.717) is 24.5 Å². The maximum atomic E-state index is 13.1. The van der Waals surface area contributed by atoms with E-state index in [4.69, 9.17) is 21.1 Å². The van der Waals surface area contributed by atoms with Crippen molar-refractivity contribution < 1.29 is 22.3 Å². The summed E-state index contributed by atoms with van der Waals surface area (Å²) in [6, 6.07) is 8.70. The summed E-state index contributed by atoms with van der Waals surface area (Å²) in [5.74, 6) is 0.560.